The average Bonchev–Trinajstić information content (AvgIpc) is 3.17. The number of thioether (sulfide) groups is 1. The van der Waals surface area contributed by atoms with E-state index in [1.165, 1.54) is 23.9 Å². The minimum Gasteiger partial charge on any atom is -0.342 e. The molecular formula is C23H25ClN6O4S. The summed E-state index contributed by atoms with van der Waals surface area (Å²) in [5.41, 5.74) is 1.47. The molecule has 2 amide bonds. The predicted octanol–water partition coefficient (Wildman–Crippen LogP) is 4.54. The summed E-state index contributed by atoms with van der Waals surface area (Å²) in [7, 11) is 1.77. The van der Waals surface area contributed by atoms with Crippen molar-refractivity contribution in [2.45, 2.75) is 32.0 Å². The van der Waals surface area contributed by atoms with Gasteiger partial charge >= 0.3 is 0 Å². The first-order valence-corrected chi connectivity index (χ1v) is 12.1. The third-order valence-electron chi connectivity index (χ3n) is 5.24. The maximum absolute atomic E-state index is 12.7. The van der Waals surface area contributed by atoms with Crippen molar-refractivity contribution in [3.05, 3.63) is 74.6 Å². The lowest BCUT2D eigenvalue weighted by Crippen LogP contribution is -2.33. The number of nitrogens with one attached hydrogen (secondary N) is 2. The van der Waals surface area contributed by atoms with Crippen molar-refractivity contribution in [2.75, 3.05) is 11.1 Å². The molecule has 0 unspecified atom stereocenters. The number of hydrogen-bond acceptors (Lipinski definition) is 7. The Kier molecular flexibility index (Phi) is 8.47. The minimum atomic E-state index is -0.512. The summed E-state index contributed by atoms with van der Waals surface area (Å²) in [6.07, 6.45) is 0. The van der Waals surface area contributed by atoms with Gasteiger partial charge in [-0.3, -0.25) is 19.7 Å². The summed E-state index contributed by atoms with van der Waals surface area (Å²) in [6, 6.07) is 10.5. The quantitative estimate of drug-likeness (QED) is 0.242. The van der Waals surface area contributed by atoms with E-state index >= 15 is 0 Å². The Labute approximate surface area is 211 Å². The zero-order valence-electron chi connectivity index (χ0n) is 19.6. The number of non-ortho nitro benzene ring substituents is 1. The molecule has 0 radical (unpaired) electrons. The number of aromatic nitrogens is 3. The van der Waals surface area contributed by atoms with Crippen LogP contribution in [0.4, 0.5) is 11.4 Å². The molecule has 1 heterocycles. The van der Waals surface area contributed by atoms with Gasteiger partial charge in [0, 0.05) is 29.8 Å². The molecule has 0 aliphatic heterocycles. The van der Waals surface area contributed by atoms with E-state index in [-0.39, 0.29) is 29.2 Å². The first kappa shape index (κ1) is 26.2. The Morgan fingerprint density at radius 2 is 1.86 bits per heavy atom. The topological polar surface area (TPSA) is 132 Å². The van der Waals surface area contributed by atoms with Crippen molar-refractivity contribution in [2.24, 2.45) is 13.0 Å². The van der Waals surface area contributed by atoms with E-state index in [0.717, 1.165) is 0 Å². The highest BCUT2D eigenvalue weighted by Gasteiger charge is 2.25. The van der Waals surface area contributed by atoms with Crippen LogP contribution in [0.3, 0.4) is 0 Å². The molecule has 184 valence electrons. The standard InChI is InChI=1S/C23H25ClN6O4S/c1-13(2)20(26-22(32)15-6-8-16(24)9-7-15)21-27-28-23(29(21)4)35-12-19(31)25-18-11-17(30(33)34)10-5-14(18)3/h5-11,13,20H,12H2,1-4H3,(H,25,31)(H,26,32)/t20-/m1/s1. The van der Waals surface area contributed by atoms with E-state index in [1.807, 2.05) is 13.8 Å². The second kappa shape index (κ2) is 11.3. The lowest BCUT2D eigenvalue weighted by Gasteiger charge is -2.21. The third kappa shape index (κ3) is 6.58. The maximum Gasteiger partial charge on any atom is 0.271 e. The summed E-state index contributed by atoms with van der Waals surface area (Å²) in [6.45, 7) is 5.68. The molecule has 0 saturated heterocycles. The molecule has 0 spiro atoms. The van der Waals surface area contributed by atoms with Crippen LogP contribution in [-0.2, 0) is 11.8 Å². The Morgan fingerprint density at radius 3 is 2.49 bits per heavy atom. The Balaban J connectivity index is 1.67. The van der Waals surface area contributed by atoms with E-state index in [2.05, 4.69) is 20.8 Å². The van der Waals surface area contributed by atoms with Gasteiger partial charge in [0.2, 0.25) is 5.91 Å². The zero-order valence-corrected chi connectivity index (χ0v) is 21.2. The molecule has 0 aliphatic carbocycles. The van der Waals surface area contributed by atoms with Gasteiger partial charge in [0.15, 0.2) is 11.0 Å². The van der Waals surface area contributed by atoms with Crippen molar-refractivity contribution in [1.29, 1.82) is 0 Å². The average molecular weight is 517 g/mol. The molecule has 1 aromatic heterocycles. The van der Waals surface area contributed by atoms with E-state index in [9.17, 15) is 19.7 Å². The van der Waals surface area contributed by atoms with E-state index in [1.54, 1.807) is 48.9 Å². The zero-order chi connectivity index (χ0) is 25.7. The van der Waals surface area contributed by atoms with Crippen molar-refractivity contribution in [1.82, 2.24) is 20.1 Å². The maximum atomic E-state index is 12.7. The van der Waals surface area contributed by atoms with Crippen LogP contribution in [0.25, 0.3) is 0 Å². The van der Waals surface area contributed by atoms with Gasteiger partial charge < -0.3 is 15.2 Å². The Bertz CT molecular complexity index is 1250. The predicted molar refractivity (Wildman–Crippen MR) is 135 cm³/mol. The van der Waals surface area contributed by atoms with Gasteiger partial charge in [0.1, 0.15) is 0 Å². The van der Waals surface area contributed by atoms with Crippen molar-refractivity contribution in [3.8, 4) is 0 Å². The number of carbonyl (C=O) groups excluding carboxylic acids is 2. The summed E-state index contributed by atoms with van der Waals surface area (Å²) in [5.74, 6) is 0.00757. The number of carbonyl (C=O) groups is 2. The monoisotopic (exact) mass is 516 g/mol. The van der Waals surface area contributed by atoms with Crippen LogP contribution in [0.2, 0.25) is 5.02 Å². The number of rotatable bonds is 9. The molecule has 2 N–H and O–H groups in total. The number of hydrogen-bond donors (Lipinski definition) is 2. The molecule has 10 nitrogen and oxygen atoms in total. The van der Waals surface area contributed by atoms with Gasteiger partial charge in [0.25, 0.3) is 11.6 Å². The highest BCUT2D eigenvalue weighted by Crippen LogP contribution is 2.26. The number of halogens is 1. The number of anilines is 1. The smallest absolute Gasteiger partial charge is 0.271 e. The van der Waals surface area contributed by atoms with E-state index in [4.69, 9.17) is 11.6 Å². The largest absolute Gasteiger partial charge is 0.342 e. The first-order chi connectivity index (χ1) is 16.6. The Morgan fingerprint density at radius 1 is 1.17 bits per heavy atom. The molecular weight excluding hydrogens is 492 g/mol. The molecule has 0 bridgehead atoms. The second-order valence-electron chi connectivity index (χ2n) is 8.20. The molecule has 0 saturated carbocycles. The normalized spacial score (nSPS) is 11.8. The first-order valence-electron chi connectivity index (χ1n) is 10.7. The summed E-state index contributed by atoms with van der Waals surface area (Å²) in [5, 5.41) is 26.2. The highest BCUT2D eigenvalue weighted by atomic mass is 35.5. The number of benzene rings is 2. The van der Waals surface area contributed by atoms with Crippen LogP contribution >= 0.6 is 23.4 Å². The van der Waals surface area contributed by atoms with Gasteiger partial charge in [0.05, 0.1) is 22.4 Å². The summed E-state index contributed by atoms with van der Waals surface area (Å²) < 4.78 is 1.74. The molecule has 12 heteroatoms. The highest BCUT2D eigenvalue weighted by molar-refractivity contribution is 7.99. The SMILES string of the molecule is Cc1ccc([N+](=O)[O-])cc1NC(=O)CSc1nnc([C@H](NC(=O)c2ccc(Cl)cc2)C(C)C)n1C. The molecule has 3 rings (SSSR count). The van der Waals surface area contributed by atoms with Crippen LogP contribution in [0.1, 0.15) is 41.6 Å². The lowest BCUT2D eigenvalue weighted by atomic mass is 10.0. The van der Waals surface area contributed by atoms with Crippen molar-refractivity contribution < 1.29 is 14.5 Å². The van der Waals surface area contributed by atoms with Gasteiger partial charge in [-0.05, 0) is 42.7 Å². The number of nitrogens with zero attached hydrogens (tertiary/aromatic N) is 4. The number of nitro benzene ring substituents is 1. The lowest BCUT2D eigenvalue weighted by molar-refractivity contribution is -0.384. The van der Waals surface area contributed by atoms with Crippen molar-refractivity contribution >= 4 is 46.6 Å². The fourth-order valence-corrected chi connectivity index (χ4v) is 4.10. The molecule has 35 heavy (non-hydrogen) atoms. The van der Waals surface area contributed by atoms with Crippen molar-refractivity contribution in [3.63, 3.8) is 0 Å². The van der Waals surface area contributed by atoms with Crippen LogP contribution < -0.4 is 10.6 Å². The van der Waals surface area contributed by atoms with Crippen LogP contribution in [0.15, 0.2) is 47.6 Å². The molecule has 2 aromatic carbocycles. The molecule has 1 atom stereocenters. The number of nitro groups is 1. The molecule has 0 aliphatic rings. The fourth-order valence-electron chi connectivity index (χ4n) is 3.25. The number of aryl methyl sites for hydroxylation is 1. The van der Waals surface area contributed by atoms with Crippen LogP contribution in [0, 0.1) is 23.0 Å². The van der Waals surface area contributed by atoms with Crippen LogP contribution in [-0.4, -0.2) is 37.3 Å². The Hall–Kier alpha value is -3.44. The summed E-state index contributed by atoms with van der Waals surface area (Å²) in [4.78, 5) is 35.7. The summed E-state index contributed by atoms with van der Waals surface area (Å²) >= 11 is 7.08. The fraction of sp³-hybridized carbons (Fsp3) is 0.304. The molecule has 3 aromatic rings. The van der Waals surface area contributed by atoms with E-state index < -0.39 is 11.0 Å². The minimum absolute atomic E-state index is 0.0205. The van der Waals surface area contributed by atoms with Crippen LogP contribution in [0.5, 0.6) is 0 Å². The van der Waals surface area contributed by atoms with Gasteiger partial charge in [-0.1, -0.05) is 43.3 Å². The number of amides is 2. The van der Waals surface area contributed by atoms with Gasteiger partial charge in [-0.2, -0.15) is 0 Å². The third-order valence-corrected chi connectivity index (χ3v) is 6.52. The second-order valence-corrected chi connectivity index (χ2v) is 9.57. The van der Waals surface area contributed by atoms with Gasteiger partial charge in [-0.15, -0.1) is 10.2 Å². The van der Waals surface area contributed by atoms with E-state index in [0.29, 0.717) is 32.8 Å². The van der Waals surface area contributed by atoms with Gasteiger partial charge in [-0.25, -0.2) is 0 Å². The molecule has 0 fully saturated rings.